The van der Waals surface area contributed by atoms with E-state index in [-0.39, 0.29) is 0 Å². The molecule has 0 saturated heterocycles. The van der Waals surface area contributed by atoms with Crippen molar-refractivity contribution in [1.29, 1.82) is 0 Å². The summed E-state index contributed by atoms with van der Waals surface area (Å²) < 4.78 is 18.4. The second kappa shape index (κ2) is 16.3. The Bertz CT molecular complexity index is 1180. The van der Waals surface area contributed by atoms with Crippen molar-refractivity contribution in [3.05, 3.63) is 122 Å². The van der Waals surface area contributed by atoms with E-state index in [1.165, 1.54) is 18.8 Å². The molecule has 0 radical (unpaired) electrons. The van der Waals surface area contributed by atoms with Gasteiger partial charge in [0.2, 0.25) is 0 Å². The van der Waals surface area contributed by atoms with Gasteiger partial charge in [0.05, 0.1) is 73.6 Å². The molecule has 8 nitrogen and oxygen atoms in total. The van der Waals surface area contributed by atoms with Crippen LogP contribution in [-0.2, 0) is 20.8 Å². The average molecular weight is 542 g/mol. The van der Waals surface area contributed by atoms with E-state index in [0.29, 0.717) is 39.5 Å². The van der Waals surface area contributed by atoms with Crippen LogP contribution in [0, 0.1) is 13.8 Å². The summed E-state index contributed by atoms with van der Waals surface area (Å²) in [6, 6.07) is 20.0. The van der Waals surface area contributed by atoms with E-state index >= 15 is 0 Å². The van der Waals surface area contributed by atoms with E-state index in [4.69, 9.17) is 24.4 Å². The van der Waals surface area contributed by atoms with Crippen LogP contribution in [-0.4, -0.2) is 49.9 Å². The number of hydrazone groups is 2. The maximum atomic E-state index is 5.50. The number of nitrogens with zero attached hydrogens (tertiary/aromatic N) is 5. The van der Waals surface area contributed by atoms with E-state index in [9.17, 15) is 0 Å². The van der Waals surface area contributed by atoms with Crippen LogP contribution in [0.4, 0.5) is 11.4 Å². The molecule has 2 aromatic carbocycles. The van der Waals surface area contributed by atoms with E-state index in [2.05, 4.69) is 38.2 Å². The minimum atomic E-state index is 0.462. The molecule has 0 bridgehead atoms. The minimum absolute atomic E-state index is 0.462. The molecule has 1 heterocycles. The molecule has 0 amide bonds. The van der Waals surface area contributed by atoms with Gasteiger partial charge in [0.1, 0.15) is 19.8 Å². The Labute approximate surface area is 237 Å². The van der Waals surface area contributed by atoms with Crippen LogP contribution in [0.1, 0.15) is 22.5 Å². The lowest BCUT2D eigenvalue weighted by atomic mass is 10.1. The molecule has 40 heavy (non-hydrogen) atoms. The highest BCUT2D eigenvalue weighted by atomic mass is 16.5. The number of ether oxygens (including phenoxy) is 3. The lowest BCUT2D eigenvalue weighted by molar-refractivity contribution is 0.236. The van der Waals surface area contributed by atoms with Crippen LogP contribution in [0.25, 0.3) is 0 Å². The number of para-hydroxylation sites is 2. The molecule has 3 aromatic rings. The van der Waals surface area contributed by atoms with Crippen LogP contribution < -0.4 is 10.0 Å². The number of aromatic nitrogens is 1. The summed E-state index contributed by atoms with van der Waals surface area (Å²) in [7, 11) is 0. The second-order valence-electron chi connectivity index (χ2n) is 8.69. The molecule has 0 aliphatic rings. The quantitative estimate of drug-likeness (QED) is 0.0823. The maximum absolute atomic E-state index is 5.50. The van der Waals surface area contributed by atoms with Gasteiger partial charge in [-0.3, -0.25) is 10.0 Å². The monoisotopic (exact) mass is 541 g/mol. The van der Waals surface area contributed by atoms with Gasteiger partial charge in [0.25, 0.3) is 0 Å². The Morgan fingerprint density at radius 2 is 1.05 bits per heavy atom. The minimum Gasteiger partial charge on any atom is -0.500 e. The van der Waals surface area contributed by atoms with E-state index in [1.54, 1.807) is 0 Å². The van der Waals surface area contributed by atoms with Gasteiger partial charge in [0.15, 0.2) is 0 Å². The first-order chi connectivity index (χ1) is 19.6. The van der Waals surface area contributed by atoms with Crippen molar-refractivity contribution in [3.63, 3.8) is 0 Å². The predicted octanol–water partition coefficient (Wildman–Crippen LogP) is 6.27. The SMILES string of the molecule is C=COCCN(N=Cc1c(C)c(C)c(C=NN(CCOC=C)c2ccccc2)n1CCOC=C)c1ccccc1. The van der Waals surface area contributed by atoms with Crippen LogP contribution in [0.5, 0.6) is 0 Å². The third-order valence-electron chi connectivity index (χ3n) is 6.29. The molecule has 0 fully saturated rings. The Morgan fingerprint density at radius 3 is 1.45 bits per heavy atom. The van der Waals surface area contributed by atoms with Crippen molar-refractivity contribution in [2.45, 2.75) is 20.4 Å². The lowest BCUT2D eigenvalue weighted by Gasteiger charge is -2.19. The number of anilines is 2. The highest BCUT2D eigenvalue weighted by molar-refractivity contribution is 5.88. The van der Waals surface area contributed by atoms with Crippen molar-refractivity contribution < 1.29 is 14.2 Å². The summed E-state index contributed by atoms with van der Waals surface area (Å²) in [6.07, 6.45) is 8.12. The van der Waals surface area contributed by atoms with Crippen molar-refractivity contribution in [1.82, 2.24) is 4.57 Å². The predicted molar refractivity (Wildman–Crippen MR) is 165 cm³/mol. The van der Waals surface area contributed by atoms with Gasteiger partial charge >= 0.3 is 0 Å². The van der Waals surface area contributed by atoms with Crippen LogP contribution in [0.3, 0.4) is 0 Å². The zero-order chi connectivity index (χ0) is 28.6. The normalized spacial score (nSPS) is 10.9. The first kappa shape index (κ1) is 29.8. The fourth-order valence-electron chi connectivity index (χ4n) is 4.12. The van der Waals surface area contributed by atoms with E-state index < -0.39 is 0 Å². The van der Waals surface area contributed by atoms with Gasteiger partial charge in [-0.1, -0.05) is 56.1 Å². The summed E-state index contributed by atoms with van der Waals surface area (Å²) in [5.74, 6) is 0. The summed E-state index contributed by atoms with van der Waals surface area (Å²) in [5, 5.41) is 13.6. The molecule has 210 valence electrons. The second-order valence-corrected chi connectivity index (χ2v) is 8.69. The first-order valence-electron chi connectivity index (χ1n) is 13.2. The number of hydrogen-bond acceptors (Lipinski definition) is 7. The van der Waals surface area contributed by atoms with Gasteiger partial charge in [0, 0.05) is 0 Å². The van der Waals surface area contributed by atoms with Gasteiger partial charge in [-0.25, -0.2) is 0 Å². The van der Waals surface area contributed by atoms with Gasteiger partial charge < -0.3 is 18.8 Å². The number of hydrogen-bond donors (Lipinski definition) is 0. The highest BCUT2D eigenvalue weighted by Gasteiger charge is 2.16. The lowest BCUT2D eigenvalue weighted by Crippen LogP contribution is -2.22. The van der Waals surface area contributed by atoms with Crippen molar-refractivity contribution >= 4 is 23.8 Å². The fourth-order valence-corrected chi connectivity index (χ4v) is 4.12. The van der Waals surface area contributed by atoms with Crippen LogP contribution >= 0.6 is 0 Å². The Balaban J connectivity index is 1.99. The smallest absolute Gasteiger partial charge is 0.107 e. The highest BCUT2D eigenvalue weighted by Crippen LogP contribution is 2.22. The molecule has 0 N–H and O–H groups in total. The van der Waals surface area contributed by atoms with Gasteiger partial charge in [-0.2, -0.15) is 10.2 Å². The van der Waals surface area contributed by atoms with Crippen LogP contribution in [0.2, 0.25) is 0 Å². The Kier molecular flexibility index (Phi) is 12.1. The van der Waals surface area contributed by atoms with Gasteiger partial charge in [-0.05, 0) is 49.2 Å². The largest absolute Gasteiger partial charge is 0.500 e. The van der Waals surface area contributed by atoms with Gasteiger partial charge in [-0.15, -0.1) is 0 Å². The molecular formula is C32H39N5O3. The molecule has 0 aliphatic heterocycles. The molecule has 0 aliphatic carbocycles. The topological polar surface area (TPSA) is 63.8 Å². The molecule has 8 heteroatoms. The standard InChI is InChI=1S/C32H39N5O3/c1-6-38-22-19-35-31(25-33-36(20-23-39-7-2)29-15-11-9-12-16-29)27(4)28(5)32(35)26-34-37(21-24-40-8-3)30-17-13-10-14-18-30/h6-18,25-26H,1-3,19-24H2,4-5H3. The Morgan fingerprint density at radius 1 is 0.650 bits per heavy atom. The zero-order valence-corrected chi connectivity index (χ0v) is 23.5. The third-order valence-corrected chi connectivity index (χ3v) is 6.29. The molecule has 0 unspecified atom stereocenters. The van der Waals surface area contributed by atoms with E-state index in [0.717, 1.165) is 33.9 Å². The Hall–Kier alpha value is -4.72. The summed E-state index contributed by atoms with van der Waals surface area (Å²) in [5.41, 5.74) is 6.10. The summed E-state index contributed by atoms with van der Waals surface area (Å²) >= 11 is 0. The fraction of sp³-hybridized carbons (Fsp3) is 0.250. The third kappa shape index (κ3) is 8.39. The molecule has 0 spiro atoms. The molecule has 0 atom stereocenters. The van der Waals surface area contributed by atoms with Crippen molar-refractivity contribution in [2.75, 3.05) is 42.9 Å². The summed E-state index contributed by atoms with van der Waals surface area (Å²) in [6.45, 7) is 18.3. The molecular weight excluding hydrogens is 502 g/mol. The van der Waals surface area contributed by atoms with Crippen LogP contribution in [0.15, 0.2) is 109 Å². The van der Waals surface area contributed by atoms with E-state index in [1.807, 2.05) is 83.1 Å². The first-order valence-corrected chi connectivity index (χ1v) is 13.2. The number of benzene rings is 2. The average Bonchev–Trinajstić information content (AvgIpc) is 3.21. The summed E-state index contributed by atoms with van der Waals surface area (Å²) in [4.78, 5) is 0. The zero-order valence-electron chi connectivity index (χ0n) is 23.5. The molecule has 3 rings (SSSR count). The maximum Gasteiger partial charge on any atom is 0.107 e. The number of rotatable bonds is 18. The molecule has 0 saturated carbocycles. The molecule has 1 aromatic heterocycles. The van der Waals surface area contributed by atoms with Crippen molar-refractivity contribution in [3.8, 4) is 0 Å². The van der Waals surface area contributed by atoms with Crippen molar-refractivity contribution in [2.24, 2.45) is 10.2 Å².